The molecule has 9 rings (SSSR count). The Bertz CT molecular complexity index is 2750. The summed E-state index contributed by atoms with van der Waals surface area (Å²) < 4.78 is 51.9. The number of aryl methyl sites for hydroxylation is 4. The van der Waals surface area contributed by atoms with E-state index in [-0.39, 0.29) is 31.2 Å². The van der Waals surface area contributed by atoms with Gasteiger partial charge in [0.1, 0.15) is 0 Å². The maximum Gasteiger partial charge on any atom is 0.0774 e. The standard InChI is InChI=1S/C35H25N2O.C13H12N.Ir/c1-23-17-18-33-29(19-23)30(22-38-33)35-36-31-15-9-10-16-32(31)37(35)34-27(25-11-5-3-6-12-25)20-24(2)21-28(34)26-13-7-4-8-14-26;1-10-3-6-12(7-4-10)13-8-5-11(2)9-14-13;/h3-21H,1-2H3;3-6,8-9H,1-2H3;/q2*-1;/i;1D3,2D3;. The Balaban J connectivity index is 0.000000214. The summed E-state index contributed by atoms with van der Waals surface area (Å²) in [5.41, 5.74) is 13.3. The zero-order chi connectivity index (χ0) is 40.6. The maximum atomic E-state index is 7.28. The summed E-state index contributed by atoms with van der Waals surface area (Å²) in [6.07, 6.45) is 4.50. The van der Waals surface area contributed by atoms with Gasteiger partial charge < -0.3 is 14.0 Å². The third kappa shape index (κ3) is 7.27. The van der Waals surface area contributed by atoms with Crippen LogP contribution in [0.3, 0.4) is 0 Å². The van der Waals surface area contributed by atoms with Crippen LogP contribution in [-0.4, -0.2) is 14.5 Å². The summed E-state index contributed by atoms with van der Waals surface area (Å²) in [6, 6.07) is 50.7. The molecule has 0 aliphatic carbocycles. The molecule has 4 nitrogen and oxygen atoms in total. The summed E-state index contributed by atoms with van der Waals surface area (Å²) in [7, 11) is 0. The van der Waals surface area contributed by atoms with Gasteiger partial charge in [-0.2, -0.15) is 0 Å². The van der Waals surface area contributed by atoms with Crippen LogP contribution in [0.4, 0.5) is 0 Å². The summed E-state index contributed by atoms with van der Waals surface area (Å²) in [5, 5.41) is 1.01. The van der Waals surface area contributed by atoms with Crippen molar-refractivity contribution in [1.82, 2.24) is 14.5 Å². The topological polar surface area (TPSA) is 43.9 Å². The van der Waals surface area contributed by atoms with Crippen molar-refractivity contribution >= 4 is 22.0 Å². The van der Waals surface area contributed by atoms with Crippen molar-refractivity contribution in [2.75, 3.05) is 0 Å². The van der Waals surface area contributed by atoms with Gasteiger partial charge in [0.25, 0.3) is 0 Å². The van der Waals surface area contributed by atoms with E-state index in [1.54, 1.807) is 12.1 Å². The van der Waals surface area contributed by atoms with Crippen molar-refractivity contribution in [3.63, 3.8) is 0 Å². The van der Waals surface area contributed by atoms with Gasteiger partial charge in [-0.15, -0.1) is 35.4 Å². The molecule has 3 aromatic heterocycles. The van der Waals surface area contributed by atoms with Gasteiger partial charge in [-0.25, -0.2) is 0 Å². The Kier molecular flexibility index (Phi) is 8.33. The van der Waals surface area contributed by atoms with Gasteiger partial charge in [-0.05, 0) is 72.9 Å². The Morgan fingerprint density at radius 1 is 0.660 bits per heavy atom. The Hall–Kier alpha value is -5.87. The molecule has 5 heteroatoms. The number of benzene rings is 6. The number of para-hydroxylation sites is 2. The van der Waals surface area contributed by atoms with Crippen LogP contribution in [0.2, 0.25) is 0 Å². The number of aromatic nitrogens is 3. The molecule has 0 atom stereocenters. The van der Waals surface area contributed by atoms with Crippen molar-refractivity contribution < 1.29 is 32.7 Å². The first kappa shape index (κ1) is 28.7. The van der Waals surface area contributed by atoms with Crippen LogP contribution in [-0.2, 0) is 20.1 Å². The number of fused-ring (bicyclic) bond motifs is 2. The van der Waals surface area contributed by atoms with E-state index < -0.39 is 13.7 Å². The maximum absolute atomic E-state index is 7.28. The molecule has 53 heavy (non-hydrogen) atoms. The fourth-order valence-corrected chi connectivity index (χ4v) is 6.51. The van der Waals surface area contributed by atoms with E-state index in [4.69, 9.17) is 17.6 Å². The molecular formula is C48H37IrN3O-2. The molecule has 0 saturated heterocycles. The van der Waals surface area contributed by atoms with Crippen molar-refractivity contribution in [2.45, 2.75) is 27.6 Å². The van der Waals surface area contributed by atoms with Gasteiger partial charge in [0.05, 0.1) is 22.5 Å². The molecule has 9 aromatic rings. The minimum Gasteiger partial charge on any atom is -0.557 e. The summed E-state index contributed by atoms with van der Waals surface area (Å²) in [5.74, 6) is 0.814. The summed E-state index contributed by atoms with van der Waals surface area (Å²) in [6.45, 7) is -0.0795. The Labute approximate surface area is 332 Å². The zero-order valence-corrected chi connectivity index (χ0v) is 31.4. The van der Waals surface area contributed by atoms with Gasteiger partial charge in [0.2, 0.25) is 0 Å². The molecule has 0 N–H and O–H groups in total. The molecule has 1 radical (unpaired) electrons. The number of furan rings is 1. The minimum absolute atomic E-state index is 0. The quantitative estimate of drug-likeness (QED) is 0.162. The van der Waals surface area contributed by atoms with Crippen LogP contribution in [0.15, 0.2) is 156 Å². The molecule has 0 fully saturated rings. The third-order valence-corrected chi connectivity index (χ3v) is 8.95. The van der Waals surface area contributed by atoms with E-state index in [9.17, 15) is 0 Å². The van der Waals surface area contributed by atoms with Gasteiger partial charge in [0.15, 0.2) is 0 Å². The number of nitrogens with zero attached hydrogens (tertiary/aromatic N) is 3. The second kappa shape index (κ2) is 15.4. The van der Waals surface area contributed by atoms with Crippen LogP contribution < -0.4 is 0 Å². The van der Waals surface area contributed by atoms with E-state index in [0.717, 1.165) is 61.3 Å². The van der Waals surface area contributed by atoms with E-state index in [1.165, 1.54) is 35.5 Å². The zero-order valence-electron chi connectivity index (χ0n) is 35.0. The molecule has 0 saturated carbocycles. The van der Waals surface area contributed by atoms with Crippen LogP contribution >= 0.6 is 0 Å². The number of hydrogen-bond acceptors (Lipinski definition) is 3. The first-order valence-electron chi connectivity index (χ1n) is 20.0. The van der Waals surface area contributed by atoms with Crippen molar-refractivity contribution in [3.8, 4) is 50.6 Å². The van der Waals surface area contributed by atoms with Crippen LogP contribution in [0.1, 0.15) is 30.5 Å². The van der Waals surface area contributed by atoms with E-state index in [1.807, 2.05) is 12.1 Å². The molecule has 0 aliphatic rings. The molecule has 3 heterocycles. The molecule has 6 aromatic carbocycles. The number of imidazole rings is 1. The SMILES string of the molecule is Cc1cc(-c2ccccc2)c(-n2c(-c3[c-]oc4ccc(C)cc34)nc3ccccc32)c(-c2ccccc2)c1.[2H]C([2H])([2H])c1c[c-]c(-c2ccc(C([2H])([2H])[2H])cn2)cc1.[Ir]. The van der Waals surface area contributed by atoms with Crippen molar-refractivity contribution in [2.24, 2.45) is 0 Å². The van der Waals surface area contributed by atoms with Crippen LogP contribution in [0.25, 0.3) is 72.6 Å². The predicted molar refractivity (Wildman–Crippen MR) is 213 cm³/mol. The Morgan fingerprint density at radius 3 is 1.96 bits per heavy atom. The normalized spacial score (nSPS) is 13.0. The van der Waals surface area contributed by atoms with Gasteiger partial charge in [-0.1, -0.05) is 126 Å². The molecule has 0 amide bonds. The Morgan fingerprint density at radius 2 is 1.32 bits per heavy atom. The van der Waals surface area contributed by atoms with Gasteiger partial charge in [-0.3, -0.25) is 4.98 Å². The second-order valence-electron chi connectivity index (χ2n) is 12.7. The van der Waals surface area contributed by atoms with Crippen LogP contribution in [0.5, 0.6) is 0 Å². The average Bonchev–Trinajstić information content (AvgIpc) is 3.82. The first-order valence-corrected chi connectivity index (χ1v) is 17.0. The monoisotopic (exact) mass is 870 g/mol. The molecule has 261 valence electrons. The van der Waals surface area contributed by atoms with Crippen LogP contribution in [0, 0.1) is 39.9 Å². The molecule has 0 spiro atoms. The minimum atomic E-state index is -2.18. The largest absolute Gasteiger partial charge is 0.557 e. The molecule has 0 aliphatic heterocycles. The van der Waals surface area contributed by atoms with Gasteiger partial charge >= 0.3 is 0 Å². The van der Waals surface area contributed by atoms with E-state index in [0.29, 0.717) is 11.3 Å². The van der Waals surface area contributed by atoms with Crippen molar-refractivity contribution in [3.05, 3.63) is 186 Å². The van der Waals surface area contributed by atoms with E-state index in [2.05, 4.69) is 139 Å². The summed E-state index contributed by atoms with van der Waals surface area (Å²) in [4.78, 5) is 9.25. The fraction of sp³-hybridized carbons (Fsp3) is 0.0833. The molecular weight excluding hydrogens is 827 g/mol. The second-order valence-corrected chi connectivity index (χ2v) is 12.7. The molecule has 0 unspecified atom stereocenters. The number of rotatable bonds is 5. The number of hydrogen-bond donors (Lipinski definition) is 0. The van der Waals surface area contributed by atoms with E-state index >= 15 is 0 Å². The average molecular weight is 870 g/mol. The third-order valence-electron chi connectivity index (χ3n) is 8.95. The van der Waals surface area contributed by atoms with Gasteiger partial charge in [0, 0.05) is 57.5 Å². The number of pyridine rings is 1. The summed E-state index contributed by atoms with van der Waals surface area (Å²) >= 11 is 0. The molecule has 0 bridgehead atoms. The smallest absolute Gasteiger partial charge is 0.0774 e. The first-order chi connectivity index (χ1) is 27.8. The van der Waals surface area contributed by atoms with Crippen molar-refractivity contribution in [1.29, 1.82) is 0 Å². The fourth-order valence-electron chi connectivity index (χ4n) is 6.51. The predicted octanol–water partition coefficient (Wildman–Crippen LogP) is 12.4.